The van der Waals surface area contributed by atoms with E-state index in [4.69, 9.17) is 18.3 Å². The Balaban J connectivity index is 1.18. The zero-order valence-corrected chi connectivity index (χ0v) is 20.2. The minimum absolute atomic E-state index is 0.00851. The third kappa shape index (κ3) is 3.17. The van der Waals surface area contributed by atoms with Crippen LogP contribution >= 0.6 is 7.82 Å². The van der Waals surface area contributed by atoms with Crippen molar-refractivity contribution in [1.29, 1.82) is 0 Å². The number of aryl methyl sites for hydroxylation is 1. The van der Waals surface area contributed by atoms with E-state index in [2.05, 4.69) is 20.4 Å². The van der Waals surface area contributed by atoms with E-state index in [1.165, 1.54) is 23.1 Å². The summed E-state index contributed by atoms with van der Waals surface area (Å²) in [5.74, 6) is -4.78. The Kier molecular flexibility index (Phi) is 4.71. The summed E-state index contributed by atoms with van der Waals surface area (Å²) in [6.07, 6.45) is 1.37. The predicted molar refractivity (Wildman–Crippen MR) is 121 cm³/mol. The van der Waals surface area contributed by atoms with Crippen LogP contribution in [0.5, 0.6) is 0 Å². The van der Waals surface area contributed by atoms with E-state index in [1.807, 2.05) is 6.92 Å². The number of ether oxygens (including phenoxy) is 1. The minimum atomic E-state index is -4.00. The number of carbonyl (C=O) groups excluding carboxylic acids is 1. The van der Waals surface area contributed by atoms with Gasteiger partial charge in [0.15, 0.2) is 0 Å². The molecule has 5 aliphatic rings. The summed E-state index contributed by atoms with van der Waals surface area (Å²) in [6.45, 7) is 2.64. The fraction of sp³-hybridized carbons (Fsp3) is 0.409. The van der Waals surface area contributed by atoms with Gasteiger partial charge < -0.3 is 9.84 Å². The van der Waals surface area contributed by atoms with Gasteiger partial charge in [0.1, 0.15) is 17.6 Å². The number of hydrogen-bond acceptors (Lipinski definition) is 11. The lowest BCUT2D eigenvalue weighted by molar-refractivity contribution is -0.284. The normalized spacial score (nSPS) is 30.7. The van der Waals surface area contributed by atoms with Crippen molar-refractivity contribution in [1.82, 2.24) is 25.2 Å². The molecule has 15 heteroatoms. The summed E-state index contributed by atoms with van der Waals surface area (Å²) in [7, 11) is -4.00. The maximum absolute atomic E-state index is 15.3. The Hall–Kier alpha value is -3.29. The maximum Gasteiger partial charge on any atom is 0.486 e. The van der Waals surface area contributed by atoms with Crippen LogP contribution in [-0.4, -0.2) is 54.2 Å². The molecule has 1 saturated carbocycles. The zero-order valence-electron chi connectivity index (χ0n) is 19.4. The Morgan fingerprint density at radius 1 is 1.24 bits per heavy atom. The Bertz CT molecular complexity index is 1470. The third-order valence-electron chi connectivity index (χ3n) is 6.72. The van der Waals surface area contributed by atoms with Gasteiger partial charge in [-0.2, -0.15) is 4.80 Å². The van der Waals surface area contributed by atoms with Crippen molar-refractivity contribution in [2.45, 2.75) is 50.5 Å². The summed E-state index contributed by atoms with van der Waals surface area (Å²) in [5.41, 5.74) is 1.18. The quantitative estimate of drug-likeness (QED) is 0.448. The topological polar surface area (TPSA) is 151 Å². The predicted octanol–water partition coefficient (Wildman–Crippen LogP) is 3.21. The van der Waals surface area contributed by atoms with Crippen LogP contribution in [0.1, 0.15) is 26.2 Å². The number of pyridine rings is 1. The molecule has 0 unspecified atom stereocenters. The number of aromatic nitrogens is 5. The Labute approximate surface area is 208 Å². The number of phosphoric ester groups is 1. The molecule has 6 heterocycles. The van der Waals surface area contributed by atoms with Crippen LogP contribution in [-0.2, 0) is 29.4 Å². The first-order valence-corrected chi connectivity index (χ1v) is 13.2. The third-order valence-corrected chi connectivity index (χ3v) is 8.16. The van der Waals surface area contributed by atoms with E-state index in [9.17, 15) is 14.5 Å². The van der Waals surface area contributed by atoms with Gasteiger partial charge in [0, 0.05) is 17.3 Å². The van der Waals surface area contributed by atoms with Gasteiger partial charge in [0.2, 0.25) is 5.82 Å². The van der Waals surface area contributed by atoms with Gasteiger partial charge >= 0.3 is 25.6 Å². The van der Waals surface area contributed by atoms with Crippen LogP contribution in [0.3, 0.4) is 0 Å². The van der Waals surface area contributed by atoms with E-state index in [-0.39, 0.29) is 17.2 Å². The average molecular weight is 530 g/mol. The van der Waals surface area contributed by atoms with Crippen molar-refractivity contribution >= 4 is 19.6 Å². The van der Waals surface area contributed by atoms with Crippen LogP contribution < -0.4 is 4.90 Å². The first-order chi connectivity index (χ1) is 17.8. The van der Waals surface area contributed by atoms with Crippen molar-refractivity contribution in [3.63, 3.8) is 0 Å². The highest BCUT2D eigenvalue weighted by Crippen LogP contribution is 2.81. The number of carbonyl (C=O) groups is 1. The number of nitrogens with zero attached hydrogens (tertiary/aromatic N) is 6. The molecule has 1 amide bonds. The lowest BCUT2D eigenvalue weighted by atomic mass is 10.0. The van der Waals surface area contributed by atoms with E-state index < -0.39 is 37.5 Å². The molecule has 1 N–H and O–H groups in total. The number of rotatable bonds is 7. The highest BCUT2D eigenvalue weighted by atomic mass is 31.2. The molecule has 4 aliphatic heterocycles. The van der Waals surface area contributed by atoms with Gasteiger partial charge in [-0.15, -0.1) is 10.2 Å². The molecule has 3 aromatic rings. The first kappa shape index (κ1) is 22.9. The summed E-state index contributed by atoms with van der Waals surface area (Å²) in [5, 5.41) is 23.0. The standard InChI is InChI=1S/C22H20FN6O7P/c1-2-9-28-26-19(25-27-28)17-8-5-13(11-24-17)15-7-6-14(10-16(15)23)29-20(31)33-21(18(30)12-3-4-12)22(29)35-37(32,34-21)36-22/h5-8,10-12,18,30H,2-4,9H2,1H3/t18-,21-,22?,37?/m1/s1. The molecule has 13 nitrogen and oxygen atoms in total. The van der Waals surface area contributed by atoms with Gasteiger partial charge in [0.05, 0.1) is 12.2 Å². The summed E-state index contributed by atoms with van der Waals surface area (Å²) in [4.78, 5) is 19.6. The van der Waals surface area contributed by atoms with Crippen molar-refractivity contribution in [2.75, 3.05) is 4.90 Å². The fourth-order valence-electron chi connectivity index (χ4n) is 4.82. The number of halogens is 1. The zero-order chi connectivity index (χ0) is 25.6. The van der Waals surface area contributed by atoms with Crippen molar-refractivity contribution < 1.29 is 37.2 Å². The van der Waals surface area contributed by atoms with E-state index >= 15 is 4.39 Å². The van der Waals surface area contributed by atoms with Crippen LogP contribution in [0.2, 0.25) is 0 Å². The fourth-order valence-corrected chi connectivity index (χ4v) is 6.52. The summed E-state index contributed by atoms with van der Waals surface area (Å²) < 4.78 is 49.3. The SMILES string of the molecule is CCCn1nnc(-c2ccc(-c3ccc(N4C(=O)O[C@]5([C@H](O)C6CC6)OP6(=O)OC45O6)cc3F)cn2)n1. The van der Waals surface area contributed by atoms with Crippen LogP contribution in [0.25, 0.3) is 22.6 Å². The summed E-state index contributed by atoms with van der Waals surface area (Å²) >= 11 is 0. The number of phosphoric acid groups is 1. The van der Waals surface area contributed by atoms with Gasteiger partial charge in [-0.1, -0.05) is 13.0 Å². The number of amides is 1. The van der Waals surface area contributed by atoms with Crippen LogP contribution in [0, 0.1) is 11.7 Å². The van der Waals surface area contributed by atoms with Crippen LogP contribution in [0.15, 0.2) is 36.5 Å². The second-order valence-electron chi connectivity index (χ2n) is 9.26. The van der Waals surface area contributed by atoms with Gasteiger partial charge in [-0.05, 0) is 54.7 Å². The Morgan fingerprint density at radius 2 is 2.05 bits per heavy atom. The van der Waals surface area contributed by atoms with Gasteiger partial charge in [-0.3, -0.25) is 4.98 Å². The molecular weight excluding hydrogens is 510 g/mol. The second-order valence-corrected chi connectivity index (χ2v) is 10.7. The minimum Gasteiger partial charge on any atom is -0.405 e. The number of anilines is 1. The number of aliphatic hydroxyl groups is 1. The largest absolute Gasteiger partial charge is 0.486 e. The first-order valence-electron chi connectivity index (χ1n) is 11.8. The van der Waals surface area contributed by atoms with Crippen molar-refractivity contribution in [2.24, 2.45) is 5.92 Å². The molecule has 8 rings (SSSR count). The lowest BCUT2D eigenvalue weighted by Crippen LogP contribution is -2.64. The molecule has 1 spiro atoms. The number of tetrazole rings is 1. The van der Waals surface area contributed by atoms with Gasteiger partial charge in [-0.25, -0.2) is 32.2 Å². The molecule has 192 valence electrons. The summed E-state index contributed by atoms with van der Waals surface area (Å²) in [6, 6.07) is 7.31. The second kappa shape index (κ2) is 7.62. The van der Waals surface area contributed by atoms with E-state index in [0.29, 0.717) is 36.5 Å². The van der Waals surface area contributed by atoms with Gasteiger partial charge in [0.25, 0.3) is 0 Å². The molecule has 1 aliphatic carbocycles. The van der Waals surface area contributed by atoms with E-state index in [1.54, 1.807) is 12.1 Å². The Morgan fingerprint density at radius 3 is 2.73 bits per heavy atom. The molecule has 0 radical (unpaired) electrons. The van der Waals surface area contributed by atoms with Crippen LogP contribution in [0.4, 0.5) is 14.9 Å². The maximum atomic E-state index is 15.3. The number of aliphatic hydroxyl groups excluding tert-OH is 1. The van der Waals surface area contributed by atoms with E-state index in [0.717, 1.165) is 17.4 Å². The molecule has 2 bridgehead atoms. The monoisotopic (exact) mass is 530 g/mol. The molecule has 1 aromatic carbocycles. The average Bonchev–Trinajstić information content (AvgIpc) is 3.39. The van der Waals surface area contributed by atoms with Crippen molar-refractivity contribution in [3.05, 3.63) is 42.3 Å². The highest BCUT2D eigenvalue weighted by molar-refractivity contribution is 7.50. The lowest BCUT2D eigenvalue weighted by Gasteiger charge is -2.40. The highest BCUT2D eigenvalue weighted by Gasteiger charge is 2.91. The smallest absolute Gasteiger partial charge is 0.405 e. The molecule has 4 saturated heterocycles. The molecule has 37 heavy (non-hydrogen) atoms. The molecule has 5 fully saturated rings. The number of benzene rings is 1. The molecular formula is C22H20FN6O7P. The van der Waals surface area contributed by atoms with Crippen molar-refractivity contribution in [3.8, 4) is 22.6 Å². The number of hydrogen-bond donors (Lipinski definition) is 1. The molecule has 2 aromatic heterocycles. The molecule has 2 atom stereocenters.